The fourth-order valence-corrected chi connectivity index (χ4v) is 2.97. The first-order valence-electron chi connectivity index (χ1n) is 4.55. The van der Waals surface area contributed by atoms with Crippen LogP contribution in [0.15, 0.2) is 12.1 Å². The van der Waals surface area contributed by atoms with Crippen molar-refractivity contribution < 1.29 is 4.74 Å². The molecule has 0 aliphatic carbocycles. The van der Waals surface area contributed by atoms with Gasteiger partial charge in [0.25, 0.3) is 0 Å². The minimum absolute atomic E-state index is 0.154. The lowest BCUT2D eigenvalue weighted by Gasteiger charge is -2.12. The zero-order valence-corrected chi connectivity index (χ0v) is 9.20. The highest BCUT2D eigenvalue weighted by molar-refractivity contribution is 7.12. The summed E-state index contributed by atoms with van der Waals surface area (Å²) in [7, 11) is 0. The van der Waals surface area contributed by atoms with Crippen LogP contribution in [0.3, 0.4) is 0 Å². The van der Waals surface area contributed by atoms with Crippen molar-refractivity contribution in [3.05, 3.63) is 21.9 Å². The number of halogens is 1. The maximum atomic E-state index is 6.36. The van der Waals surface area contributed by atoms with Gasteiger partial charge in [0.1, 0.15) is 0 Å². The monoisotopic (exact) mass is 216 g/mol. The van der Waals surface area contributed by atoms with E-state index in [0.29, 0.717) is 5.92 Å². The van der Waals surface area contributed by atoms with Gasteiger partial charge in [-0.3, -0.25) is 0 Å². The lowest BCUT2D eigenvalue weighted by Crippen LogP contribution is -2.05. The third-order valence-electron chi connectivity index (χ3n) is 2.41. The van der Waals surface area contributed by atoms with Gasteiger partial charge in [-0.2, -0.15) is 0 Å². The van der Waals surface area contributed by atoms with Gasteiger partial charge in [0, 0.05) is 22.3 Å². The largest absolute Gasteiger partial charge is 0.381 e. The molecule has 1 aromatic heterocycles. The molecular formula is C10H13ClOS. The van der Waals surface area contributed by atoms with Crippen LogP contribution >= 0.6 is 22.9 Å². The van der Waals surface area contributed by atoms with Crippen molar-refractivity contribution in [2.45, 2.75) is 18.7 Å². The number of aryl methyl sites for hydroxylation is 1. The maximum Gasteiger partial charge on any atom is 0.0729 e. The molecule has 0 aromatic carbocycles. The molecule has 2 unspecified atom stereocenters. The second-order valence-electron chi connectivity index (χ2n) is 3.47. The van der Waals surface area contributed by atoms with Crippen molar-refractivity contribution in [1.29, 1.82) is 0 Å². The van der Waals surface area contributed by atoms with Crippen molar-refractivity contribution in [2.75, 3.05) is 13.2 Å². The summed E-state index contributed by atoms with van der Waals surface area (Å²) in [4.78, 5) is 2.62. The molecule has 0 N–H and O–H groups in total. The summed E-state index contributed by atoms with van der Waals surface area (Å²) in [6.07, 6.45) is 1.10. The molecule has 1 nitrogen and oxygen atoms in total. The third kappa shape index (κ3) is 2.06. The Bertz CT molecular complexity index is 278. The Morgan fingerprint density at radius 1 is 1.62 bits per heavy atom. The van der Waals surface area contributed by atoms with Crippen LogP contribution in [0.5, 0.6) is 0 Å². The Labute approximate surface area is 87.7 Å². The summed E-state index contributed by atoms with van der Waals surface area (Å²) in [5, 5.41) is 0.154. The molecule has 0 bridgehead atoms. The van der Waals surface area contributed by atoms with Crippen LogP contribution in [-0.2, 0) is 4.74 Å². The van der Waals surface area contributed by atoms with Gasteiger partial charge < -0.3 is 4.74 Å². The Morgan fingerprint density at radius 2 is 2.46 bits per heavy atom. The van der Waals surface area contributed by atoms with Gasteiger partial charge in [0.05, 0.1) is 12.0 Å². The van der Waals surface area contributed by atoms with E-state index in [1.807, 2.05) is 0 Å². The minimum atomic E-state index is 0.154. The van der Waals surface area contributed by atoms with Gasteiger partial charge in [-0.05, 0) is 25.5 Å². The number of ether oxygens (including phenoxy) is 1. The topological polar surface area (TPSA) is 9.23 Å². The summed E-state index contributed by atoms with van der Waals surface area (Å²) in [6, 6.07) is 4.27. The van der Waals surface area contributed by atoms with Crippen LogP contribution in [0, 0.1) is 12.8 Å². The second kappa shape index (κ2) is 3.99. The normalized spacial score (nSPS) is 24.9. The zero-order valence-electron chi connectivity index (χ0n) is 7.63. The predicted molar refractivity (Wildman–Crippen MR) is 56.6 cm³/mol. The third-order valence-corrected chi connectivity index (χ3v) is 4.22. The molecule has 3 heteroatoms. The summed E-state index contributed by atoms with van der Waals surface area (Å²) in [6.45, 7) is 3.81. The molecule has 0 spiro atoms. The quantitative estimate of drug-likeness (QED) is 0.689. The standard InChI is InChI=1S/C10H13ClOS/c1-7-2-3-9(13-7)10(11)8-4-5-12-6-8/h2-3,8,10H,4-6H2,1H3. The van der Waals surface area contributed by atoms with E-state index in [0.717, 1.165) is 19.6 Å². The molecular weight excluding hydrogens is 204 g/mol. The van der Waals surface area contributed by atoms with Gasteiger partial charge in [-0.15, -0.1) is 22.9 Å². The van der Waals surface area contributed by atoms with Crippen molar-refractivity contribution in [1.82, 2.24) is 0 Å². The van der Waals surface area contributed by atoms with Gasteiger partial charge >= 0.3 is 0 Å². The highest BCUT2D eigenvalue weighted by atomic mass is 35.5. The molecule has 2 rings (SSSR count). The molecule has 0 amide bonds. The molecule has 13 heavy (non-hydrogen) atoms. The van der Waals surface area contributed by atoms with E-state index >= 15 is 0 Å². The Kier molecular flexibility index (Phi) is 2.92. The van der Waals surface area contributed by atoms with Crippen LogP contribution in [0.4, 0.5) is 0 Å². The number of hydrogen-bond donors (Lipinski definition) is 0. The van der Waals surface area contributed by atoms with Gasteiger partial charge in [-0.1, -0.05) is 0 Å². The van der Waals surface area contributed by atoms with Crippen LogP contribution in [0.1, 0.15) is 21.6 Å². The van der Waals surface area contributed by atoms with E-state index in [-0.39, 0.29) is 5.38 Å². The maximum absolute atomic E-state index is 6.36. The van der Waals surface area contributed by atoms with Crippen LogP contribution in [-0.4, -0.2) is 13.2 Å². The average molecular weight is 217 g/mol. The smallest absolute Gasteiger partial charge is 0.0729 e. The lowest BCUT2D eigenvalue weighted by molar-refractivity contribution is 0.185. The molecule has 1 aromatic rings. The zero-order chi connectivity index (χ0) is 9.26. The van der Waals surface area contributed by atoms with Crippen LogP contribution < -0.4 is 0 Å². The Morgan fingerprint density at radius 3 is 3.00 bits per heavy atom. The minimum Gasteiger partial charge on any atom is -0.381 e. The van der Waals surface area contributed by atoms with Gasteiger partial charge in [0.2, 0.25) is 0 Å². The Balaban J connectivity index is 2.07. The highest BCUT2D eigenvalue weighted by Crippen LogP contribution is 2.37. The van der Waals surface area contributed by atoms with Crippen molar-refractivity contribution in [2.24, 2.45) is 5.92 Å². The molecule has 1 saturated heterocycles. The van der Waals surface area contributed by atoms with E-state index in [4.69, 9.17) is 16.3 Å². The van der Waals surface area contributed by atoms with Crippen LogP contribution in [0.2, 0.25) is 0 Å². The summed E-state index contributed by atoms with van der Waals surface area (Å²) >= 11 is 8.15. The molecule has 0 saturated carbocycles. The van der Waals surface area contributed by atoms with Crippen molar-refractivity contribution in [3.8, 4) is 0 Å². The summed E-state index contributed by atoms with van der Waals surface area (Å²) < 4.78 is 5.33. The first kappa shape index (κ1) is 9.50. The first-order valence-corrected chi connectivity index (χ1v) is 5.81. The van der Waals surface area contributed by atoms with E-state index in [9.17, 15) is 0 Å². The molecule has 0 radical (unpaired) electrons. The molecule has 2 atom stereocenters. The SMILES string of the molecule is Cc1ccc(C(Cl)C2CCOC2)s1. The molecule has 1 aliphatic heterocycles. The fraction of sp³-hybridized carbons (Fsp3) is 0.600. The van der Waals surface area contributed by atoms with Crippen LogP contribution in [0.25, 0.3) is 0 Å². The van der Waals surface area contributed by atoms with E-state index in [1.54, 1.807) is 11.3 Å². The van der Waals surface area contributed by atoms with Crippen molar-refractivity contribution >= 4 is 22.9 Å². The molecule has 1 aliphatic rings. The van der Waals surface area contributed by atoms with Crippen molar-refractivity contribution in [3.63, 3.8) is 0 Å². The molecule has 2 heterocycles. The van der Waals surface area contributed by atoms with E-state index in [1.165, 1.54) is 9.75 Å². The lowest BCUT2D eigenvalue weighted by atomic mass is 10.0. The molecule has 1 fully saturated rings. The number of hydrogen-bond acceptors (Lipinski definition) is 2. The number of rotatable bonds is 2. The highest BCUT2D eigenvalue weighted by Gasteiger charge is 2.25. The number of thiophene rings is 1. The van der Waals surface area contributed by atoms with Gasteiger partial charge in [0.15, 0.2) is 0 Å². The number of alkyl halides is 1. The summed E-state index contributed by atoms with van der Waals surface area (Å²) in [5.74, 6) is 0.514. The average Bonchev–Trinajstić information content (AvgIpc) is 2.72. The second-order valence-corrected chi connectivity index (χ2v) is 5.26. The predicted octanol–water partition coefficient (Wildman–Crippen LogP) is 3.37. The van der Waals surface area contributed by atoms with E-state index in [2.05, 4.69) is 19.1 Å². The van der Waals surface area contributed by atoms with Gasteiger partial charge in [-0.25, -0.2) is 0 Å². The molecule has 72 valence electrons. The Hall–Kier alpha value is -0.0500. The fourth-order valence-electron chi connectivity index (χ4n) is 1.62. The summed E-state index contributed by atoms with van der Waals surface area (Å²) in [5.41, 5.74) is 0. The first-order chi connectivity index (χ1) is 6.27. The van der Waals surface area contributed by atoms with E-state index < -0.39 is 0 Å².